The molecule has 0 spiro atoms. The number of benzene rings is 1. The summed E-state index contributed by atoms with van der Waals surface area (Å²) in [5.41, 5.74) is 0.735. The van der Waals surface area contributed by atoms with E-state index in [-0.39, 0.29) is 18.4 Å². The third-order valence-electron chi connectivity index (χ3n) is 2.88. The molecule has 1 rings (SSSR count). The lowest BCUT2D eigenvalue weighted by molar-refractivity contribution is -0.137. The number of ether oxygens (including phenoxy) is 1. The third-order valence-corrected chi connectivity index (χ3v) is 3.48. The van der Waals surface area contributed by atoms with Crippen molar-refractivity contribution >= 4 is 34.9 Å². The highest BCUT2D eigenvalue weighted by Gasteiger charge is 2.11. The molecule has 1 atom stereocenters. The fourth-order valence-electron chi connectivity index (χ4n) is 1.76. The van der Waals surface area contributed by atoms with Crippen molar-refractivity contribution in [2.24, 2.45) is 5.92 Å². The van der Waals surface area contributed by atoms with Crippen molar-refractivity contribution in [3.05, 3.63) is 22.2 Å². The quantitative estimate of drug-likeness (QED) is 0.724. The maximum absolute atomic E-state index is 10.5. The number of hydrogen-bond acceptors (Lipinski definition) is 3. The Kier molecular flexibility index (Phi) is 7.12. The van der Waals surface area contributed by atoms with E-state index < -0.39 is 5.97 Å². The molecule has 0 saturated carbocycles. The van der Waals surface area contributed by atoms with Crippen LogP contribution < -0.4 is 10.1 Å². The molecule has 118 valence electrons. The molecule has 0 radical (unpaired) electrons. The highest BCUT2D eigenvalue weighted by atomic mass is 35.5. The number of carbonyl (C=O) groups is 1. The van der Waals surface area contributed by atoms with Crippen LogP contribution >= 0.6 is 23.2 Å². The number of hydrogen-bond donors (Lipinski definition) is 2. The standard InChI is InChI=1S/C15H21Cl2NO3/c1-9(2)21-14-7-13(11(16)6-12(14)17)18-8-10(3)4-5-15(19)20/h6-7,9-10,18H,4-5,8H2,1-3H3,(H,19,20). The highest BCUT2D eigenvalue weighted by molar-refractivity contribution is 6.37. The van der Waals surface area contributed by atoms with Gasteiger partial charge in [-0.15, -0.1) is 0 Å². The smallest absolute Gasteiger partial charge is 0.303 e. The van der Waals surface area contributed by atoms with Crippen molar-refractivity contribution in [2.75, 3.05) is 11.9 Å². The van der Waals surface area contributed by atoms with Crippen LogP contribution in [-0.2, 0) is 4.79 Å². The van der Waals surface area contributed by atoms with Crippen molar-refractivity contribution in [1.82, 2.24) is 0 Å². The van der Waals surface area contributed by atoms with E-state index in [4.69, 9.17) is 33.0 Å². The van der Waals surface area contributed by atoms with E-state index in [2.05, 4.69) is 5.32 Å². The molecule has 1 unspecified atom stereocenters. The fraction of sp³-hybridized carbons (Fsp3) is 0.533. The van der Waals surface area contributed by atoms with Crippen molar-refractivity contribution in [3.63, 3.8) is 0 Å². The lowest BCUT2D eigenvalue weighted by Crippen LogP contribution is -2.13. The third kappa shape index (κ3) is 6.44. The average Bonchev–Trinajstić information content (AvgIpc) is 2.37. The van der Waals surface area contributed by atoms with Gasteiger partial charge in [0.05, 0.1) is 21.8 Å². The van der Waals surface area contributed by atoms with Gasteiger partial charge in [0.15, 0.2) is 0 Å². The van der Waals surface area contributed by atoms with Crippen LogP contribution in [-0.4, -0.2) is 23.7 Å². The summed E-state index contributed by atoms with van der Waals surface area (Å²) in [6, 6.07) is 3.42. The van der Waals surface area contributed by atoms with E-state index in [1.165, 1.54) is 0 Å². The highest BCUT2D eigenvalue weighted by Crippen LogP contribution is 2.35. The van der Waals surface area contributed by atoms with E-state index >= 15 is 0 Å². The molecule has 1 aromatic rings. The molecular weight excluding hydrogens is 313 g/mol. The Balaban J connectivity index is 2.67. The summed E-state index contributed by atoms with van der Waals surface area (Å²) in [6.07, 6.45) is 0.799. The number of anilines is 1. The zero-order valence-electron chi connectivity index (χ0n) is 12.5. The largest absolute Gasteiger partial charge is 0.489 e. The zero-order valence-corrected chi connectivity index (χ0v) is 14.0. The number of nitrogens with one attached hydrogen (secondary N) is 1. The van der Waals surface area contributed by atoms with Gasteiger partial charge in [-0.1, -0.05) is 30.1 Å². The van der Waals surface area contributed by atoms with Gasteiger partial charge < -0.3 is 15.2 Å². The van der Waals surface area contributed by atoms with Crippen molar-refractivity contribution in [3.8, 4) is 5.75 Å². The van der Waals surface area contributed by atoms with E-state index in [0.29, 0.717) is 28.8 Å². The summed E-state index contributed by atoms with van der Waals surface area (Å²) in [4.78, 5) is 10.5. The van der Waals surface area contributed by atoms with Crippen LogP contribution in [0, 0.1) is 5.92 Å². The first-order valence-corrected chi connectivity index (χ1v) is 7.66. The molecule has 0 aromatic heterocycles. The first kappa shape index (κ1) is 17.9. The Labute approximate surface area is 135 Å². The summed E-state index contributed by atoms with van der Waals surface area (Å²) in [5.74, 6) is 0.0260. The summed E-state index contributed by atoms with van der Waals surface area (Å²) >= 11 is 12.2. The van der Waals surface area contributed by atoms with E-state index in [9.17, 15) is 4.79 Å². The Morgan fingerprint density at radius 1 is 1.29 bits per heavy atom. The Morgan fingerprint density at radius 3 is 2.52 bits per heavy atom. The van der Waals surface area contributed by atoms with Crippen LogP contribution in [0.3, 0.4) is 0 Å². The SMILES string of the molecule is CC(CCC(=O)O)CNc1cc(OC(C)C)c(Cl)cc1Cl. The first-order valence-electron chi connectivity index (χ1n) is 6.91. The number of aliphatic carboxylic acids is 1. The van der Waals surface area contributed by atoms with Crippen LogP contribution in [0.15, 0.2) is 12.1 Å². The van der Waals surface area contributed by atoms with E-state index in [1.807, 2.05) is 20.8 Å². The van der Waals surface area contributed by atoms with Gasteiger partial charge in [-0.25, -0.2) is 0 Å². The van der Waals surface area contributed by atoms with Crippen LogP contribution in [0.25, 0.3) is 0 Å². The fourth-order valence-corrected chi connectivity index (χ4v) is 2.26. The molecule has 21 heavy (non-hydrogen) atoms. The summed E-state index contributed by atoms with van der Waals surface area (Å²) < 4.78 is 5.62. The Morgan fingerprint density at radius 2 is 1.95 bits per heavy atom. The summed E-state index contributed by atoms with van der Waals surface area (Å²) in [6.45, 7) is 6.47. The van der Waals surface area contributed by atoms with E-state index in [1.54, 1.807) is 12.1 Å². The summed E-state index contributed by atoms with van der Waals surface area (Å²) in [5, 5.41) is 12.9. The normalized spacial score (nSPS) is 12.3. The number of rotatable bonds is 8. The Bertz CT molecular complexity index is 492. The van der Waals surface area contributed by atoms with Crippen LogP contribution in [0.2, 0.25) is 10.0 Å². The molecule has 2 N–H and O–H groups in total. The Hall–Kier alpha value is -1.13. The molecule has 0 aliphatic heterocycles. The average molecular weight is 334 g/mol. The monoisotopic (exact) mass is 333 g/mol. The van der Waals surface area contributed by atoms with Gasteiger partial charge in [0.1, 0.15) is 5.75 Å². The molecule has 0 heterocycles. The van der Waals surface area contributed by atoms with E-state index in [0.717, 1.165) is 5.69 Å². The van der Waals surface area contributed by atoms with Crippen LogP contribution in [0.4, 0.5) is 5.69 Å². The topological polar surface area (TPSA) is 58.6 Å². The molecule has 6 heteroatoms. The van der Waals surface area contributed by atoms with Gasteiger partial charge in [-0.3, -0.25) is 4.79 Å². The minimum Gasteiger partial charge on any atom is -0.489 e. The molecule has 0 aliphatic rings. The number of carboxylic acids is 1. The molecule has 0 fully saturated rings. The predicted molar refractivity (Wildman–Crippen MR) is 86.7 cm³/mol. The molecule has 0 amide bonds. The van der Waals surface area contributed by atoms with Crippen molar-refractivity contribution < 1.29 is 14.6 Å². The van der Waals surface area contributed by atoms with Crippen molar-refractivity contribution in [2.45, 2.75) is 39.7 Å². The molecule has 0 bridgehead atoms. The second-order valence-corrected chi connectivity index (χ2v) is 6.16. The van der Waals surface area contributed by atoms with Gasteiger partial charge in [-0.05, 0) is 32.3 Å². The molecule has 0 aliphatic carbocycles. The maximum Gasteiger partial charge on any atom is 0.303 e. The molecule has 4 nitrogen and oxygen atoms in total. The first-order chi connectivity index (χ1) is 9.79. The molecular formula is C15H21Cl2NO3. The minimum absolute atomic E-state index is 0.0195. The summed E-state index contributed by atoms with van der Waals surface area (Å²) in [7, 11) is 0. The van der Waals surface area contributed by atoms with Gasteiger partial charge in [0, 0.05) is 19.0 Å². The van der Waals surface area contributed by atoms with Crippen LogP contribution in [0.5, 0.6) is 5.75 Å². The van der Waals surface area contributed by atoms with Crippen molar-refractivity contribution in [1.29, 1.82) is 0 Å². The van der Waals surface area contributed by atoms with Gasteiger partial charge in [0.25, 0.3) is 0 Å². The predicted octanol–water partition coefficient (Wildman–Crippen LogP) is 4.69. The zero-order chi connectivity index (χ0) is 16.0. The molecule has 1 aromatic carbocycles. The van der Waals surface area contributed by atoms with Gasteiger partial charge in [-0.2, -0.15) is 0 Å². The lowest BCUT2D eigenvalue weighted by Gasteiger charge is -2.17. The lowest BCUT2D eigenvalue weighted by atomic mass is 10.1. The van der Waals surface area contributed by atoms with Gasteiger partial charge in [0.2, 0.25) is 0 Å². The second-order valence-electron chi connectivity index (χ2n) is 5.35. The maximum atomic E-state index is 10.5. The number of halogens is 2. The molecule has 0 saturated heterocycles. The minimum atomic E-state index is -0.779. The van der Waals surface area contributed by atoms with Gasteiger partial charge >= 0.3 is 5.97 Å². The second kappa shape index (κ2) is 8.35. The van der Waals surface area contributed by atoms with Crippen LogP contribution in [0.1, 0.15) is 33.6 Å². The number of carboxylic acid groups (broad SMARTS) is 1.